The number of likely N-dealkylation sites (tertiary alicyclic amines) is 1. The molecule has 8 heteroatoms. The maximum Gasteiger partial charge on any atom is 0.171 e. The molecule has 1 fully saturated rings. The standard InChI is InChI=1S/C22H29N3O3S2/c1-22(2,3)28-16-24-10-7-17(8-11-24)15-30(26,27)12-9-19-13-18-14-23-20-5-4-6-21(29-19)25(18)20/h4-6,9,12-14,17H,7-8,10-11,15-16H2,1-3H3/b12-9+. The van der Waals surface area contributed by atoms with Crippen molar-refractivity contribution >= 4 is 33.3 Å². The number of piperidine rings is 1. The number of hydrogen-bond acceptors (Lipinski definition) is 6. The van der Waals surface area contributed by atoms with Crippen LogP contribution in [0, 0.1) is 5.92 Å². The summed E-state index contributed by atoms with van der Waals surface area (Å²) in [6, 6.07) is 5.96. The Labute approximate surface area is 182 Å². The fourth-order valence-electron chi connectivity index (χ4n) is 3.71. The molecular formula is C22H29N3O3S2. The number of ether oxygens (including phenoxy) is 1. The number of allylic oxidation sites excluding steroid dienone is 1. The summed E-state index contributed by atoms with van der Waals surface area (Å²) in [4.78, 5) is 7.57. The number of sulfone groups is 1. The highest BCUT2D eigenvalue weighted by Crippen LogP contribution is 2.35. The quantitative estimate of drug-likeness (QED) is 0.662. The summed E-state index contributed by atoms with van der Waals surface area (Å²) in [5.41, 5.74) is 1.72. The number of nitrogens with zero attached hydrogens (tertiary/aromatic N) is 3. The van der Waals surface area contributed by atoms with Crippen LogP contribution in [0.25, 0.3) is 11.7 Å². The van der Waals surface area contributed by atoms with Gasteiger partial charge in [0.25, 0.3) is 0 Å². The van der Waals surface area contributed by atoms with Crippen molar-refractivity contribution in [1.29, 1.82) is 0 Å². The first-order chi connectivity index (χ1) is 14.2. The molecule has 4 heterocycles. The van der Waals surface area contributed by atoms with Crippen molar-refractivity contribution in [1.82, 2.24) is 14.3 Å². The molecule has 0 aliphatic carbocycles. The molecule has 4 rings (SSSR count). The average molecular weight is 448 g/mol. The predicted octanol–water partition coefficient (Wildman–Crippen LogP) is 4.19. The van der Waals surface area contributed by atoms with Crippen molar-refractivity contribution in [2.45, 2.75) is 44.2 Å². The minimum Gasteiger partial charge on any atom is -0.360 e. The van der Waals surface area contributed by atoms with E-state index < -0.39 is 9.84 Å². The number of imidazole rings is 1. The Morgan fingerprint density at radius 1 is 1.27 bits per heavy atom. The molecule has 0 N–H and O–H groups in total. The van der Waals surface area contributed by atoms with Gasteiger partial charge in [-0.25, -0.2) is 13.4 Å². The monoisotopic (exact) mass is 447 g/mol. The Balaban J connectivity index is 1.33. The van der Waals surface area contributed by atoms with Gasteiger partial charge in [0.1, 0.15) is 5.65 Å². The van der Waals surface area contributed by atoms with Crippen molar-refractivity contribution in [3.8, 4) is 0 Å². The molecule has 0 saturated carbocycles. The Morgan fingerprint density at radius 3 is 2.77 bits per heavy atom. The molecule has 2 aliphatic rings. The van der Waals surface area contributed by atoms with Crippen molar-refractivity contribution in [2.75, 3.05) is 25.6 Å². The van der Waals surface area contributed by atoms with Crippen LogP contribution in [-0.2, 0) is 14.6 Å². The van der Waals surface area contributed by atoms with Crippen LogP contribution in [0.1, 0.15) is 39.3 Å². The molecule has 1 saturated heterocycles. The lowest BCUT2D eigenvalue weighted by Crippen LogP contribution is -2.39. The Morgan fingerprint density at radius 2 is 2.03 bits per heavy atom. The summed E-state index contributed by atoms with van der Waals surface area (Å²) in [5, 5.41) is 2.43. The number of thioether (sulfide) groups is 1. The topological polar surface area (TPSA) is 63.9 Å². The third-order valence-electron chi connectivity index (χ3n) is 5.33. The zero-order valence-electron chi connectivity index (χ0n) is 17.7. The molecule has 0 bridgehead atoms. The van der Waals surface area contributed by atoms with Gasteiger partial charge in [0.15, 0.2) is 9.84 Å². The van der Waals surface area contributed by atoms with Gasteiger partial charge in [0, 0.05) is 23.4 Å². The van der Waals surface area contributed by atoms with E-state index >= 15 is 0 Å². The van der Waals surface area contributed by atoms with Gasteiger partial charge in [-0.2, -0.15) is 0 Å². The van der Waals surface area contributed by atoms with Crippen LogP contribution in [0.4, 0.5) is 0 Å². The first-order valence-electron chi connectivity index (χ1n) is 10.3. The smallest absolute Gasteiger partial charge is 0.171 e. The lowest BCUT2D eigenvalue weighted by molar-refractivity contribution is -0.0704. The van der Waals surface area contributed by atoms with Gasteiger partial charge >= 0.3 is 0 Å². The number of hydrogen-bond donors (Lipinski definition) is 0. The van der Waals surface area contributed by atoms with Crippen LogP contribution in [0.15, 0.2) is 45.8 Å². The van der Waals surface area contributed by atoms with Gasteiger partial charge in [-0.3, -0.25) is 9.30 Å². The van der Waals surface area contributed by atoms with Gasteiger partial charge in [-0.1, -0.05) is 17.8 Å². The molecule has 0 amide bonds. The lowest BCUT2D eigenvalue weighted by atomic mass is 9.99. The Bertz CT molecular complexity index is 1070. The van der Waals surface area contributed by atoms with Crippen LogP contribution >= 0.6 is 11.8 Å². The van der Waals surface area contributed by atoms with Crippen molar-refractivity contribution < 1.29 is 13.2 Å². The molecule has 0 atom stereocenters. The molecule has 2 aliphatic heterocycles. The second-order valence-corrected chi connectivity index (χ2v) is 12.0. The van der Waals surface area contributed by atoms with Gasteiger partial charge in [0.05, 0.1) is 35.0 Å². The molecule has 0 unspecified atom stereocenters. The summed E-state index contributed by atoms with van der Waals surface area (Å²) in [6.45, 7) is 8.52. The molecule has 30 heavy (non-hydrogen) atoms. The molecule has 0 radical (unpaired) electrons. The molecule has 0 spiro atoms. The number of pyridine rings is 1. The summed E-state index contributed by atoms with van der Waals surface area (Å²) in [6.07, 6.45) is 7.30. The van der Waals surface area contributed by atoms with Crippen molar-refractivity contribution in [3.05, 3.63) is 46.5 Å². The SMILES string of the molecule is CC(C)(C)OCN1CCC(CS(=O)(=O)/C=C/C2=Cc3cnc4cccc(n34)S2)CC1. The molecule has 2 aromatic heterocycles. The highest BCUT2D eigenvalue weighted by atomic mass is 32.2. The molecule has 162 valence electrons. The van der Waals surface area contributed by atoms with E-state index in [0.29, 0.717) is 6.73 Å². The van der Waals surface area contributed by atoms with Crippen molar-refractivity contribution in [3.63, 3.8) is 0 Å². The van der Waals surface area contributed by atoms with Crippen LogP contribution in [0.3, 0.4) is 0 Å². The van der Waals surface area contributed by atoms with E-state index in [2.05, 4.69) is 14.3 Å². The lowest BCUT2D eigenvalue weighted by Gasteiger charge is -2.33. The largest absolute Gasteiger partial charge is 0.360 e. The van der Waals surface area contributed by atoms with Gasteiger partial charge < -0.3 is 4.74 Å². The molecule has 6 nitrogen and oxygen atoms in total. The minimum absolute atomic E-state index is 0.153. The zero-order chi connectivity index (χ0) is 21.4. The molecular weight excluding hydrogens is 418 g/mol. The summed E-state index contributed by atoms with van der Waals surface area (Å²) in [5.74, 6) is 0.414. The summed E-state index contributed by atoms with van der Waals surface area (Å²) >= 11 is 1.56. The highest BCUT2D eigenvalue weighted by molar-refractivity contribution is 8.03. The minimum atomic E-state index is -3.26. The summed E-state index contributed by atoms with van der Waals surface area (Å²) < 4.78 is 33.3. The fourth-order valence-corrected chi connectivity index (χ4v) is 6.25. The second kappa shape index (κ2) is 8.49. The van der Waals surface area contributed by atoms with Crippen molar-refractivity contribution in [2.24, 2.45) is 5.92 Å². The van der Waals surface area contributed by atoms with Crippen LogP contribution in [-0.4, -0.2) is 53.9 Å². The first kappa shape index (κ1) is 21.6. The third-order valence-corrected chi connectivity index (χ3v) is 7.83. The molecule has 2 aromatic rings. The zero-order valence-corrected chi connectivity index (χ0v) is 19.4. The normalized spacial score (nSPS) is 19.0. The Kier molecular flexibility index (Phi) is 6.12. The third kappa shape index (κ3) is 5.35. The maximum atomic E-state index is 12.7. The maximum absolute atomic E-state index is 12.7. The predicted molar refractivity (Wildman–Crippen MR) is 122 cm³/mol. The van der Waals surface area contributed by atoms with E-state index in [4.69, 9.17) is 4.74 Å². The van der Waals surface area contributed by atoms with Gasteiger partial charge in [-0.05, 0) is 63.8 Å². The second-order valence-electron chi connectivity index (χ2n) is 8.97. The van der Waals surface area contributed by atoms with E-state index in [1.807, 2.05) is 51.2 Å². The first-order valence-corrected chi connectivity index (χ1v) is 12.8. The van der Waals surface area contributed by atoms with E-state index in [1.54, 1.807) is 17.8 Å². The molecule has 0 aromatic carbocycles. The van der Waals surface area contributed by atoms with Crippen LogP contribution in [0.2, 0.25) is 0 Å². The Hall–Kier alpha value is -1.61. The fraction of sp³-hybridized carbons (Fsp3) is 0.500. The average Bonchev–Trinajstić information content (AvgIpc) is 3.10. The van der Waals surface area contributed by atoms with E-state index in [0.717, 1.165) is 47.2 Å². The van der Waals surface area contributed by atoms with E-state index in [-0.39, 0.29) is 17.3 Å². The van der Waals surface area contributed by atoms with Gasteiger partial charge in [0.2, 0.25) is 0 Å². The number of aromatic nitrogens is 2. The van der Waals surface area contributed by atoms with Crippen LogP contribution < -0.4 is 0 Å². The highest BCUT2D eigenvalue weighted by Gasteiger charge is 2.24. The van der Waals surface area contributed by atoms with Crippen LogP contribution in [0.5, 0.6) is 0 Å². The number of rotatable bonds is 6. The van der Waals surface area contributed by atoms with E-state index in [1.165, 1.54) is 5.41 Å². The van der Waals surface area contributed by atoms with E-state index in [9.17, 15) is 8.42 Å². The van der Waals surface area contributed by atoms with Gasteiger partial charge in [-0.15, -0.1) is 0 Å². The summed E-state index contributed by atoms with van der Waals surface area (Å²) in [7, 11) is -3.26.